The van der Waals surface area contributed by atoms with Crippen LogP contribution in [0.1, 0.15) is 138 Å². The van der Waals surface area contributed by atoms with E-state index in [0.29, 0.717) is 66.3 Å². The number of carboxylic acid groups (broad SMARTS) is 2. The predicted octanol–water partition coefficient (Wildman–Crippen LogP) is 0.277. The molecule has 0 bridgehead atoms. The standard InChI is InChI=1S/C92H129N17O22S/c1-59(110)99-67(29-15-18-40-93)84(119)104-73(54-62-25-9-4-10-26-62)90(125)103-70(37-39-81(116)117)87(122)106-72(53-61-23-7-3-8-24-61)89(124)102-69(31-17-20-42-96-78(112)56-130-49-48-129-46-44-98-79(113)57-131-50-47-128-45-43-97-77(111)33-14-13-32-76-82-75(58-132-76)108-92(127)109-82)86(121)107-74(55-63-34-35-64-27-11-12-28-65(64)51-63)91(126)101-68(30-16-19-41-94)85(120)105-71(52-60-21-5-2-6-22-60)88(123)100-66(83(95)118)36-38-80(114)115/h2-12,21-28,34-35,51,66-76,82H,13-20,29-33,36-50,52-58,93-94H2,1H3,(H2,95,118)(H,96,112)(H,97,111)(H,98,113)(H,99,110)(H,100,123)(H,101,126)(H,102,124)(H,103,125)(H,104,119)(H,105,120)(H,106,122)(H,107,121)(H,114,115)(H,116,117)(H2,108,109,127)/t66-,67-,68-,69-,70-,71-,72-,73-,74-,75-,76-,82-/m0/s1. The van der Waals surface area contributed by atoms with Gasteiger partial charge in [0, 0.05) is 82.5 Å². The Balaban J connectivity index is 1.04. The number of nitrogens with two attached hydrogens (primary N) is 3. The van der Waals surface area contributed by atoms with Crippen molar-refractivity contribution in [2.24, 2.45) is 17.2 Å². The third-order valence-corrected chi connectivity index (χ3v) is 23.3. The molecule has 2 fully saturated rings. The second-order valence-electron chi connectivity index (χ2n) is 32.3. The fourth-order valence-corrected chi connectivity index (χ4v) is 16.3. The number of amides is 15. The summed E-state index contributed by atoms with van der Waals surface area (Å²) in [6, 6.07) is 24.8. The highest BCUT2D eigenvalue weighted by Crippen LogP contribution is 2.33. The molecule has 0 spiro atoms. The summed E-state index contributed by atoms with van der Waals surface area (Å²) in [4.78, 5) is 218. The number of benzene rings is 5. The zero-order chi connectivity index (χ0) is 95.4. The minimum atomic E-state index is -1.70. The Morgan fingerprint density at radius 1 is 0.386 bits per heavy atom. The Hall–Kier alpha value is -12.2. The molecule has 0 aliphatic carbocycles. The van der Waals surface area contributed by atoms with Crippen LogP contribution in [0.2, 0.25) is 0 Å². The predicted molar refractivity (Wildman–Crippen MR) is 490 cm³/mol. The normalized spacial score (nSPS) is 15.8. The lowest BCUT2D eigenvalue weighted by Gasteiger charge is -2.28. The lowest BCUT2D eigenvalue weighted by molar-refractivity contribution is -0.139. The summed E-state index contributed by atoms with van der Waals surface area (Å²) in [5.74, 6) is -11.6. The molecule has 2 aliphatic heterocycles. The summed E-state index contributed by atoms with van der Waals surface area (Å²) in [5.41, 5.74) is 19.4. The van der Waals surface area contributed by atoms with Crippen molar-refractivity contribution in [3.8, 4) is 0 Å². The van der Waals surface area contributed by atoms with E-state index < -0.39 is 151 Å². The molecule has 5 aromatic carbocycles. The molecule has 15 amide bonds. The van der Waals surface area contributed by atoms with Gasteiger partial charge in [-0.2, -0.15) is 11.8 Å². The van der Waals surface area contributed by atoms with Gasteiger partial charge in [0.25, 0.3) is 0 Å². The fourth-order valence-electron chi connectivity index (χ4n) is 14.8. The molecule has 2 saturated heterocycles. The Morgan fingerprint density at radius 2 is 0.765 bits per heavy atom. The van der Waals surface area contributed by atoms with Crippen LogP contribution in [-0.4, -0.2) is 268 Å². The van der Waals surface area contributed by atoms with Crippen molar-refractivity contribution in [1.29, 1.82) is 0 Å². The third kappa shape index (κ3) is 41.1. The highest BCUT2D eigenvalue weighted by Gasteiger charge is 2.43. The first-order valence-electron chi connectivity index (χ1n) is 44.9. The van der Waals surface area contributed by atoms with Gasteiger partial charge in [0.2, 0.25) is 76.8 Å². The molecule has 5 aromatic rings. The number of unbranched alkanes of at least 4 members (excludes halogenated alkanes) is 4. The fraction of sp³-hybridized carbons (Fsp3) is 0.522. The second-order valence-corrected chi connectivity index (χ2v) is 33.5. The summed E-state index contributed by atoms with van der Waals surface area (Å²) in [5, 5.41) is 59.8. The quantitative estimate of drug-likeness (QED) is 0.0184. The molecule has 39 nitrogen and oxygen atoms in total. The zero-order valence-corrected chi connectivity index (χ0v) is 75.4. The van der Waals surface area contributed by atoms with Crippen molar-refractivity contribution in [3.63, 3.8) is 0 Å². The first-order valence-corrected chi connectivity index (χ1v) is 45.9. The molecule has 0 aromatic heterocycles. The second kappa shape index (κ2) is 60.0. The smallest absolute Gasteiger partial charge is 0.315 e. The van der Waals surface area contributed by atoms with Gasteiger partial charge in [-0.15, -0.1) is 0 Å². The summed E-state index contributed by atoms with van der Waals surface area (Å²) >= 11 is 1.84. The Labute approximate surface area is 771 Å². The molecule has 40 heteroatoms. The van der Waals surface area contributed by atoms with Crippen molar-refractivity contribution in [2.75, 3.05) is 91.3 Å². The number of primary amides is 1. The first-order chi connectivity index (χ1) is 63.6. The van der Waals surface area contributed by atoms with Crippen LogP contribution in [0.15, 0.2) is 133 Å². The lowest BCUT2D eigenvalue weighted by atomic mass is 9.99. The lowest BCUT2D eigenvalue weighted by Crippen LogP contribution is -2.61. The van der Waals surface area contributed by atoms with Crippen LogP contribution < -0.4 is 91.6 Å². The highest BCUT2D eigenvalue weighted by molar-refractivity contribution is 8.00. The summed E-state index contributed by atoms with van der Waals surface area (Å²) in [7, 11) is 0. The van der Waals surface area contributed by atoms with E-state index >= 15 is 19.2 Å². The number of thioether (sulfide) groups is 1. The molecular weight excluding hydrogens is 1730 g/mol. The maximum Gasteiger partial charge on any atom is 0.315 e. The molecule has 22 N–H and O–H groups in total. The van der Waals surface area contributed by atoms with Gasteiger partial charge in [-0.1, -0.05) is 140 Å². The molecule has 0 radical (unpaired) electrons. The van der Waals surface area contributed by atoms with E-state index in [1.54, 1.807) is 115 Å². The van der Waals surface area contributed by atoms with E-state index in [2.05, 4.69) is 74.4 Å². The number of nitrogens with one attached hydrogen (secondary N) is 14. The van der Waals surface area contributed by atoms with Gasteiger partial charge in [-0.3, -0.25) is 71.9 Å². The average molecular weight is 1860 g/mol. The maximum absolute atomic E-state index is 15.6. The SMILES string of the molecule is CC(=O)N[C@@H](CCCCN)C(=O)N[C@@H](Cc1ccccc1)C(=O)N[C@@H](CCC(=O)O)C(=O)N[C@@H](Cc1ccccc1)C(=O)N[C@@H](CCCCNC(=O)COCCOCCNC(=O)COCCOCCNC(=O)CCCC[C@@H]1SC[C@@H]2NC(=O)N[C@@H]21)C(=O)N[C@@H](Cc1ccc2ccccc2c1)C(=O)N[C@@H](CCCCN)C(=O)N[C@@H](Cc1ccccc1)C(=O)N[C@@H](CCC(=O)O)C(N)=O. The number of ether oxygens (including phenoxy) is 4. The number of hydrogen-bond acceptors (Lipinski definition) is 23. The number of rotatable bonds is 66. The van der Waals surface area contributed by atoms with Crippen molar-refractivity contribution >= 4 is 117 Å². The van der Waals surface area contributed by atoms with Crippen molar-refractivity contribution in [1.82, 2.24) is 74.4 Å². The minimum absolute atomic E-state index is 0.00176. The van der Waals surface area contributed by atoms with Gasteiger partial charge < -0.3 is 121 Å². The molecule has 2 heterocycles. The molecule has 0 unspecified atom stereocenters. The first kappa shape index (κ1) is 107. The van der Waals surface area contributed by atoms with E-state index in [1.165, 1.54) is 6.92 Å². The van der Waals surface area contributed by atoms with Crippen LogP contribution >= 0.6 is 11.8 Å². The van der Waals surface area contributed by atoms with E-state index in [0.717, 1.165) is 35.8 Å². The van der Waals surface area contributed by atoms with Crippen molar-refractivity contribution in [3.05, 3.63) is 156 Å². The van der Waals surface area contributed by atoms with Crippen LogP contribution in [-0.2, 0) is 117 Å². The molecule has 2 aliphatic rings. The highest BCUT2D eigenvalue weighted by atomic mass is 32.2. The van der Waals surface area contributed by atoms with E-state index in [1.807, 2.05) is 30.0 Å². The molecule has 12 atom stereocenters. The van der Waals surface area contributed by atoms with Crippen LogP contribution in [0, 0.1) is 0 Å². The average Bonchev–Trinajstić information content (AvgIpc) is 1.67. The largest absolute Gasteiger partial charge is 0.481 e. The van der Waals surface area contributed by atoms with E-state index in [4.69, 9.17) is 36.1 Å². The monoisotopic (exact) mass is 1860 g/mol. The molecule has 7 rings (SSSR count). The van der Waals surface area contributed by atoms with E-state index in [-0.39, 0.29) is 173 Å². The van der Waals surface area contributed by atoms with Gasteiger partial charge in [-0.05, 0) is 130 Å². The van der Waals surface area contributed by atoms with Crippen LogP contribution in [0.25, 0.3) is 10.8 Å². The molecule has 132 heavy (non-hydrogen) atoms. The maximum atomic E-state index is 15.6. The van der Waals surface area contributed by atoms with E-state index in [9.17, 15) is 67.7 Å². The van der Waals surface area contributed by atoms with Crippen LogP contribution in [0.4, 0.5) is 4.79 Å². The van der Waals surface area contributed by atoms with Crippen molar-refractivity contribution < 1.29 is 106 Å². The Morgan fingerprint density at radius 3 is 1.21 bits per heavy atom. The number of carbonyl (C=O) groups is 16. The van der Waals surface area contributed by atoms with Crippen LogP contribution in [0.5, 0.6) is 0 Å². The Kier molecular flexibility index (Phi) is 48.5. The third-order valence-electron chi connectivity index (χ3n) is 21.7. The molecule has 720 valence electrons. The summed E-state index contributed by atoms with van der Waals surface area (Å²) < 4.78 is 22.0. The summed E-state index contributed by atoms with van der Waals surface area (Å²) in [6.07, 6.45) is 1.67. The number of fused-ring (bicyclic) bond motifs is 2. The minimum Gasteiger partial charge on any atom is -0.481 e. The number of carboxylic acids is 2. The number of aliphatic carboxylic acids is 2. The summed E-state index contributed by atoms with van der Waals surface area (Å²) in [6.45, 7) is 2.37. The van der Waals surface area contributed by atoms with Crippen molar-refractivity contribution in [2.45, 2.75) is 213 Å². The van der Waals surface area contributed by atoms with Crippen LogP contribution in [0.3, 0.4) is 0 Å². The number of carbonyl (C=O) groups excluding carboxylic acids is 14. The van der Waals surface area contributed by atoms with Gasteiger partial charge in [0.05, 0.1) is 51.7 Å². The molecule has 0 saturated carbocycles. The topological polar surface area (TPSA) is 597 Å². The van der Waals surface area contributed by atoms with Gasteiger partial charge in [0.1, 0.15) is 67.6 Å². The van der Waals surface area contributed by atoms with Gasteiger partial charge in [-0.25, -0.2) is 4.79 Å². The Bertz CT molecular complexity index is 4550. The zero-order valence-electron chi connectivity index (χ0n) is 74.6. The molecular formula is C92H129N17O22S. The van der Waals surface area contributed by atoms with Gasteiger partial charge in [0.15, 0.2) is 0 Å². The number of hydrogen-bond donors (Lipinski definition) is 19. The van der Waals surface area contributed by atoms with Gasteiger partial charge >= 0.3 is 18.0 Å². The number of urea groups is 1.